The summed E-state index contributed by atoms with van der Waals surface area (Å²) in [4.78, 5) is 29.2. The highest BCUT2D eigenvalue weighted by Gasteiger charge is 2.30. The average molecular weight is 479 g/mol. The smallest absolute Gasteiger partial charge is 0.416 e. The molecule has 0 aliphatic heterocycles. The number of hydrogen-bond donors (Lipinski definition) is 1. The van der Waals surface area contributed by atoms with E-state index < -0.39 is 36.4 Å². The normalized spacial score (nSPS) is 11.7. The Balaban J connectivity index is 1.59. The Bertz CT molecular complexity index is 1410. The van der Waals surface area contributed by atoms with Gasteiger partial charge in [0.25, 0.3) is 5.56 Å². The number of para-hydroxylation sites is 2. The van der Waals surface area contributed by atoms with Gasteiger partial charge >= 0.3 is 12.8 Å². The van der Waals surface area contributed by atoms with Crippen molar-refractivity contribution in [1.82, 2.24) is 19.3 Å². The summed E-state index contributed by atoms with van der Waals surface area (Å²) in [5, 5.41) is 6.31. The number of hydrogen-bond acceptors (Lipinski definition) is 5. The van der Waals surface area contributed by atoms with Crippen molar-refractivity contribution < 1.29 is 31.5 Å². The van der Waals surface area contributed by atoms with Gasteiger partial charge in [0, 0.05) is 0 Å². The third-order valence-electron chi connectivity index (χ3n) is 4.66. The molecule has 13 heteroatoms. The lowest BCUT2D eigenvalue weighted by Crippen LogP contribution is -2.28. The predicted molar refractivity (Wildman–Crippen MR) is 110 cm³/mol. The molecule has 0 aliphatic rings. The van der Waals surface area contributed by atoms with Gasteiger partial charge < -0.3 is 10.1 Å². The monoisotopic (exact) mass is 479 g/mol. The highest BCUT2D eigenvalue weighted by molar-refractivity contribution is 5.92. The zero-order valence-corrected chi connectivity index (χ0v) is 17.0. The molecular formula is C21H14F5N5O3. The number of anilines is 1. The predicted octanol–water partition coefficient (Wildman–Crippen LogP) is 3.84. The first kappa shape index (κ1) is 22.9. The van der Waals surface area contributed by atoms with E-state index in [1.807, 2.05) is 0 Å². The van der Waals surface area contributed by atoms with Gasteiger partial charge in [-0.25, -0.2) is 9.67 Å². The molecule has 0 fully saturated rings. The molecule has 4 rings (SSSR count). The highest BCUT2D eigenvalue weighted by Crippen LogP contribution is 2.30. The van der Waals surface area contributed by atoms with Crippen LogP contribution in [0.5, 0.6) is 5.75 Å². The molecule has 1 amide bonds. The molecule has 0 radical (unpaired) electrons. The molecule has 34 heavy (non-hydrogen) atoms. The van der Waals surface area contributed by atoms with Gasteiger partial charge in [-0.15, -0.1) is 0 Å². The average Bonchev–Trinajstić information content (AvgIpc) is 3.21. The van der Waals surface area contributed by atoms with Crippen molar-refractivity contribution >= 4 is 22.6 Å². The second-order valence-corrected chi connectivity index (χ2v) is 6.94. The number of benzene rings is 2. The Hall–Kier alpha value is -4.29. The SMILES string of the molecule is O=C(Cn1cnc2c(cnn2-c2cccc(C(F)(F)F)c2)c1=O)Nc1ccccc1OC(F)F. The third-order valence-corrected chi connectivity index (χ3v) is 4.66. The third kappa shape index (κ3) is 4.72. The molecular weight excluding hydrogens is 465 g/mol. The van der Waals surface area contributed by atoms with Crippen LogP contribution in [0.25, 0.3) is 16.7 Å². The van der Waals surface area contributed by atoms with Crippen molar-refractivity contribution in [2.45, 2.75) is 19.3 Å². The number of carbonyl (C=O) groups excluding carboxylic acids is 1. The van der Waals surface area contributed by atoms with Crippen LogP contribution in [-0.4, -0.2) is 31.9 Å². The van der Waals surface area contributed by atoms with Gasteiger partial charge in [0.15, 0.2) is 5.65 Å². The van der Waals surface area contributed by atoms with Gasteiger partial charge in [0.1, 0.15) is 24.0 Å². The van der Waals surface area contributed by atoms with Crippen LogP contribution < -0.4 is 15.6 Å². The van der Waals surface area contributed by atoms with Crippen LogP contribution in [0.4, 0.5) is 27.6 Å². The Morgan fingerprint density at radius 1 is 1.12 bits per heavy atom. The number of alkyl halides is 5. The van der Waals surface area contributed by atoms with E-state index in [-0.39, 0.29) is 28.2 Å². The zero-order valence-electron chi connectivity index (χ0n) is 17.0. The summed E-state index contributed by atoms with van der Waals surface area (Å²) in [6, 6.07) is 9.87. The lowest BCUT2D eigenvalue weighted by atomic mass is 10.2. The molecule has 8 nitrogen and oxygen atoms in total. The van der Waals surface area contributed by atoms with Gasteiger partial charge in [0.2, 0.25) is 5.91 Å². The summed E-state index contributed by atoms with van der Waals surface area (Å²) >= 11 is 0. The minimum absolute atomic E-state index is 0.00309. The Morgan fingerprint density at radius 2 is 1.88 bits per heavy atom. The Kier molecular flexibility index (Phi) is 6.01. The largest absolute Gasteiger partial charge is 0.433 e. The summed E-state index contributed by atoms with van der Waals surface area (Å²) in [5.74, 6) is -0.979. The number of halogens is 5. The molecule has 0 aliphatic carbocycles. The highest BCUT2D eigenvalue weighted by atomic mass is 19.4. The van der Waals surface area contributed by atoms with E-state index in [1.54, 1.807) is 0 Å². The summed E-state index contributed by atoms with van der Waals surface area (Å²) < 4.78 is 70.5. The first-order valence-electron chi connectivity index (χ1n) is 9.58. The molecule has 0 spiro atoms. The van der Waals surface area contributed by atoms with E-state index in [0.717, 1.165) is 33.9 Å². The molecule has 0 bridgehead atoms. The molecule has 0 saturated heterocycles. The number of nitrogens with zero attached hydrogens (tertiary/aromatic N) is 4. The van der Waals surface area contributed by atoms with Crippen molar-refractivity contribution in [2.24, 2.45) is 0 Å². The number of aromatic nitrogens is 4. The van der Waals surface area contributed by atoms with E-state index in [9.17, 15) is 31.5 Å². The standard InChI is InChI=1S/C21H14F5N5O3/c22-20(23)34-16-7-2-1-6-15(16)29-17(32)10-30-11-27-18-14(19(30)33)9-28-31(18)13-5-3-4-12(8-13)21(24,25)26/h1-9,11,20H,10H2,(H,29,32). The van der Waals surface area contributed by atoms with Crippen molar-refractivity contribution in [2.75, 3.05) is 5.32 Å². The van der Waals surface area contributed by atoms with E-state index in [0.29, 0.717) is 0 Å². The van der Waals surface area contributed by atoms with Crippen molar-refractivity contribution in [3.63, 3.8) is 0 Å². The maximum atomic E-state index is 13.0. The molecule has 0 saturated carbocycles. The lowest BCUT2D eigenvalue weighted by Gasteiger charge is -2.12. The maximum absolute atomic E-state index is 13.0. The number of ether oxygens (including phenoxy) is 1. The van der Waals surface area contributed by atoms with Crippen LogP contribution in [0.3, 0.4) is 0 Å². The fraction of sp³-hybridized carbons (Fsp3) is 0.143. The van der Waals surface area contributed by atoms with Gasteiger partial charge in [-0.05, 0) is 30.3 Å². The van der Waals surface area contributed by atoms with E-state index in [4.69, 9.17) is 0 Å². The number of rotatable bonds is 6. The summed E-state index contributed by atoms with van der Waals surface area (Å²) in [5.41, 5.74) is -1.54. The van der Waals surface area contributed by atoms with Crippen LogP contribution in [0.2, 0.25) is 0 Å². The van der Waals surface area contributed by atoms with Crippen LogP contribution in [0.15, 0.2) is 65.8 Å². The molecule has 2 aromatic heterocycles. The van der Waals surface area contributed by atoms with E-state index in [1.165, 1.54) is 36.4 Å². The minimum atomic E-state index is -4.56. The van der Waals surface area contributed by atoms with E-state index >= 15 is 0 Å². The second-order valence-electron chi connectivity index (χ2n) is 6.94. The second kappa shape index (κ2) is 8.92. The number of nitrogens with one attached hydrogen (secondary N) is 1. The minimum Gasteiger partial charge on any atom is -0.433 e. The van der Waals surface area contributed by atoms with Crippen LogP contribution in [0, 0.1) is 0 Å². The quantitative estimate of drug-likeness (QED) is 0.425. The number of carbonyl (C=O) groups is 1. The first-order chi connectivity index (χ1) is 16.1. The van der Waals surface area contributed by atoms with Gasteiger partial charge in [0.05, 0.1) is 23.1 Å². The van der Waals surface area contributed by atoms with Crippen molar-refractivity contribution in [1.29, 1.82) is 0 Å². The van der Waals surface area contributed by atoms with Crippen molar-refractivity contribution in [3.8, 4) is 11.4 Å². The molecule has 0 atom stereocenters. The fourth-order valence-corrected chi connectivity index (χ4v) is 3.18. The summed E-state index contributed by atoms with van der Waals surface area (Å²) in [6.45, 7) is -3.61. The molecule has 1 N–H and O–H groups in total. The van der Waals surface area contributed by atoms with Gasteiger partial charge in [-0.1, -0.05) is 18.2 Å². The Labute approximate surface area is 187 Å². The number of amides is 1. The zero-order chi connectivity index (χ0) is 24.5. The topological polar surface area (TPSA) is 91.0 Å². The molecule has 2 heterocycles. The van der Waals surface area contributed by atoms with Gasteiger partial charge in [-0.2, -0.15) is 27.1 Å². The fourth-order valence-electron chi connectivity index (χ4n) is 3.18. The summed E-state index contributed by atoms with van der Waals surface area (Å²) in [6.07, 6.45) is -2.39. The van der Waals surface area contributed by atoms with Gasteiger partial charge in [-0.3, -0.25) is 14.2 Å². The van der Waals surface area contributed by atoms with E-state index in [2.05, 4.69) is 20.1 Å². The van der Waals surface area contributed by atoms with Crippen LogP contribution in [0.1, 0.15) is 5.56 Å². The summed E-state index contributed by atoms with van der Waals surface area (Å²) in [7, 11) is 0. The van der Waals surface area contributed by atoms with Crippen LogP contribution >= 0.6 is 0 Å². The first-order valence-corrected chi connectivity index (χ1v) is 9.58. The van der Waals surface area contributed by atoms with Crippen molar-refractivity contribution in [3.05, 3.63) is 77.0 Å². The maximum Gasteiger partial charge on any atom is 0.416 e. The molecule has 2 aromatic carbocycles. The molecule has 4 aromatic rings. The molecule has 0 unspecified atom stereocenters. The Morgan fingerprint density at radius 3 is 2.62 bits per heavy atom. The van der Waals surface area contributed by atoms with Crippen LogP contribution in [-0.2, 0) is 17.5 Å². The number of fused-ring (bicyclic) bond motifs is 1. The lowest BCUT2D eigenvalue weighted by molar-refractivity contribution is -0.137. The molecule has 176 valence electrons.